The zero-order valence-electron chi connectivity index (χ0n) is 12.9. The van der Waals surface area contributed by atoms with E-state index in [1.165, 1.54) is 34.0 Å². The van der Waals surface area contributed by atoms with E-state index in [9.17, 15) is 13.5 Å². The second-order valence-electron chi connectivity index (χ2n) is 5.16. The van der Waals surface area contributed by atoms with Crippen molar-refractivity contribution in [1.82, 2.24) is 4.72 Å². The minimum Gasteiger partial charge on any atom is -0.383 e. The summed E-state index contributed by atoms with van der Waals surface area (Å²) in [6.07, 6.45) is 0.172. The van der Waals surface area contributed by atoms with Crippen LogP contribution in [0.4, 0.5) is 0 Å². The van der Waals surface area contributed by atoms with Crippen LogP contribution in [0.15, 0.2) is 45.3 Å². The molecular formula is C16H17NO3S4. The molecule has 3 heterocycles. The maximum atomic E-state index is 12.3. The highest BCUT2D eigenvalue weighted by molar-refractivity contribution is 7.91. The number of thiophene rings is 3. The van der Waals surface area contributed by atoms with Crippen LogP contribution in [0.3, 0.4) is 0 Å². The number of hydrogen-bond donors (Lipinski definition) is 2. The van der Waals surface area contributed by atoms with Crippen molar-refractivity contribution in [2.45, 2.75) is 30.2 Å². The van der Waals surface area contributed by atoms with Crippen molar-refractivity contribution < 1.29 is 13.5 Å². The highest BCUT2D eigenvalue weighted by Crippen LogP contribution is 2.30. The molecule has 128 valence electrons. The number of rotatable bonds is 7. The molecular weight excluding hydrogens is 382 g/mol. The quantitative estimate of drug-likeness (QED) is 0.631. The van der Waals surface area contributed by atoms with Gasteiger partial charge in [-0.25, -0.2) is 13.1 Å². The molecule has 2 N–H and O–H groups in total. The minimum absolute atomic E-state index is 0.225. The molecule has 0 aromatic carbocycles. The number of sulfonamides is 1. The molecule has 3 rings (SSSR count). The molecule has 0 spiro atoms. The predicted octanol–water partition coefficient (Wildman–Crippen LogP) is 3.99. The zero-order chi connectivity index (χ0) is 17.2. The summed E-state index contributed by atoms with van der Waals surface area (Å²) in [5.74, 6) is 0. The molecule has 0 aliphatic carbocycles. The van der Waals surface area contributed by atoms with Crippen molar-refractivity contribution in [3.63, 3.8) is 0 Å². The molecule has 1 atom stereocenters. The van der Waals surface area contributed by atoms with E-state index in [1.54, 1.807) is 6.07 Å². The van der Waals surface area contributed by atoms with E-state index in [1.807, 2.05) is 41.9 Å². The Labute approximate surface area is 153 Å². The third-order valence-corrected chi connectivity index (χ3v) is 8.46. The minimum atomic E-state index is -3.49. The Kier molecular flexibility index (Phi) is 5.53. The van der Waals surface area contributed by atoms with Gasteiger partial charge in [0.25, 0.3) is 0 Å². The molecule has 4 nitrogen and oxygen atoms in total. The first kappa shape index (κ1) is 17.8. The number of aliphatic hydroxyl groups excluding tert-OH is 1. The van der Waals surface area contributed by atoms with Gasteiger partial charge in [0.2, 0.25) is 10.0 Å². The van der Waals surface area contributed by atoms with Crippen molar-refractivity contribution in [3.05, 3.63) is 61.3 Å². The van der Waals surface area contributed by atoms with Gasteiger partial charge >= 0.3 is 0 Å². The van der Waals surface area contributed by atoms with Crippen LogP contribution < -0.4 is 4.72 Å². The van der Waals surface area contributed by atoms with E-state index in [4.69, 9.17) is 0 Å². The molecule has 0 aliphatic heterocycles. The lowest BCUT2D eigenvalue weighted by Gasteiger charge is -2.05. The Morgan fingerprint density at radius 1 is 1.12 bits per heavy atom. The standard InChI is InChI=1S/C16H17NO3S4/c1-2-12-4-6-15(23-12)24(19,20)17-9-13-3-5-14(22-13)16(18)11-7-8-21-10-11/h3-8,10,16-18H,2,9H2,1H3. The van der Waals surface area contributed by atoms with Gasteiger partial charge in [-0.05, 0) is 53.1 Å². The lowest BCUT2D eigenvalue weighted by molar-refractivity contribution is 0.224. The predicted molar refractivity (Wildman–Crippen MR) is 100 cm³/mol. The van der Waals surface area contributed by atoms with Gasteiger partial charge in [0, 0.05) is 21.2 Å². The molecule has 1 unspecified atom stereocenters. The SMILES string of the molecule is CCc1ccc(S(=O)(=O)NCc2ccc(C(O)c3ccsc3)s2)s1. The summed E-state index contributed by atoms with van der Waals surface area (Å²) in [7, 11) is -3.49. The Balaban J connectivity index is 1.67. The largest absolute Gasteiger partial charge is 0.383 e. The smallest absolute Gasteiger partial charge is 0.250 e. The zero-order valence-corrected chi connectivity index (χ0v) is 16.2. The summed E-state index contributed by atoms with van der Waals surface area (Å²) >= 11 is 4.25. The van der Waals surface area contributed by atoms with Gasteiger partial charge in [0.15, 0.2) is 0 Å². The molecule has 0 amide bonds. The van der Waals surface area contributed by atoms with Gasteiger partial charge in [-0.3, -0.25) is 0 Å². The van der Waals surface area contributed by atoms with E-state index in [2.05, 4.69) is 4.72 Å². The van der Waals surface area contributed by atoms with Crippen LogP contribution in [-0.4, -0.2) is 13.5 Å². The average Bonchev–Trinajstić information content (AvgIpc) is 3.33. The van der Waals surface area contributed by atoms with E-state index < -0.39 is 16.1 Å². The maximum Gasteiger partial charge on any atom is 0.250 e. The van der Waals surface area contributed by atoms with Crippen LogP contribution in [0.5, 0.6) is 0 Å². The summed E-state index contributed by atoms with van der Waals surface area (Å²) in [5.41, 5.74) is 0.861. The van der Waals surface area contributed by atoms with Crippen LogP contribution in [-0.2, 0) is 23.0 Å². The second-order valence-corrected chi connectivity index (χ2v) is 10.3. The van der Waals surface area contributed by atoms with Gasteiger partial charge in [0.1, 0.15) is 10.3 Å². The topological polar surface area (TPSA) is 66.4 Å². The normalized spacial score (nSPS) is 13.2. The van der Waals surface area contributed by atoms with Crippen LogP contribution >= 0.6 is 34.0 Å². The number of nitrogens with one attached hydrogen (secondary N) is 1. The van der Waals surface area contributed by atoms with Crippen molar-refractivity contribution >= 4 is 44.0 Å². The molecule has 0 bridgehead atoms. The van der Waals surface area contributed by atoms with Crippen molar-refractivity contribution in [3.8, 4) is 0 Å². The van der Waals surface area contributed by atoms with Gasteiger partial charge in [-0.15, -0.1) is 22.7 Å². The molecule has 0 fully saturated rings. The average molecular weight is 400 g/mol. The van der Waals surface area contributed by atoms with Crippen molar-refractivity contribution in [2.75, 3.05) is 0 Å². The van der Waals surface area contributed by atoms with E-state index in [0.717, 1.165) is 26.6 Å². The third kappa shape index (κ3) is 3.96. The molecule has 3 aromatic heterocycles. The van der Waals surface area contributed by atoms with Crippen molar-refractivity contribution in [2.24, 2.45) is 0 Å². The fourth-order valence-corrected chi connectivity index (χ4v) is 6.25. The maximum absolute atomic E-state index is 12.3. The van der Waals surface area contributed by atoms with Gasteiger partial charge < -0.3 is 5.11 Å². The highest BCUT2D eigenvalue weighted by atomic mass is 32.2. The third-order valence-electron chi connectivity index (χ3n) is 3.50. The Hall–Kier alpha value is -1.03. The second kappa shape index (κ2) is 7.47. The molecule has 3 aromatic rings. The fraction of sp³-hybridized carbons (Fsp3) is 0.250. The van der Waals surface area contributed by atoms with Gasteiger partial charge in [-0.2, -0.15) is 11.3 Å². The van der Waals surface area contributed by atoms with E-state index in [0.29, 0.717) is 4.21 Å². The first-order chi connectivity index (χ1) is 11.5. The van der Waals surface area contributed by atoms with Gasteiger partial charge in [0.05, 0.1) is 0 Å². The monoisotopic (exact) mass is 399 g/mol. The first-order valence-electron chi connectivity index (χ1n) is 7.36. The van der Waals surface area contributed by atoms with Gasteiger partial charge in [-0.1, -0.05) is 6.92 Å². The fourth-order valence-electron chi connectivity index (χ4n) is 2.16. The number of aliphatic hydroxyl groups is 1. The summed E-state index contributed by atoms with van der Waals surface area (Å²) < 4.78 is 27.6. The molecule has 24 heavy (non-hydrogen) atoms. The van der Waals surface area contributed by atoms with Crippen LogP contribution in [0.1, 0.15) is 33.2 Å². The Morgan fingerprint density at radius 3 is 2.58 bits per heavy atom. The molecule has 0 aliphatic rings. The lowest BCUT2D eigenvalue weighted by Crippen LogP contribution is -2.21. The first-order valence-corrected chi connectivity index (χ1v) is 11.4. The molecule has 8 heteroatoms. The molecule has 0 saturated heterocycles. The van der Waals surface area contributed by atoms with E-state index >= 15 is 0 Å². The highest BCUT2D eigenvalue weighted by Gasteiger charge is 2.18. The summed E-state index contributed by atoms with van der Waals surface area (Å²) in [6, 6.07) is 9.08. The van der Waals surface area contributed by atoms with Crippen LogP contribution in [0, 0.1) is 0 Å². The van der Waals surface area contributed by atoms with E-state index in [-0.39, 0.29) is 6.54 Å². The number of hydrogen-bond acceptors (Lipinski definition) is 6. The lowest BCUT2D eigenvalue weighted by atomic mass is 10.2. The summed E-state index contributed by atoms with van der Waals surface area (Å²) in [4.78, 5) is 2.73. The summed E-state index contributed by atoms with van der Waals surface area (Å²) in [5, 5.41) is 14.1. The number of aryl methyl sites for hydroxylation is 1. The van der Waals surface area contributed by atoms with Crippen molar-refractivity contribution in [1.29, 1.82) is 0 Å². The Morgan fingerprint density at radius 2 is 1.92 bits per heavy atom. The molecule has 0 radical (unpaired) electrons. The Bertz CT molecular complexity index is 894. The van der Waals surface area contributed by atoms with Crippen LogP contribution in [0.2, 0.25) is 0 Å². The molecule has 0 saturated carbocycles. The summed E-state index contributed by atoms with van der Waals surface area (Å²) in [6.45, 7) is 2.23. The van der Waals surface area contributed by atoms with Crippen LogP contribution in [0.25, 0.3) is 0 Å².